The number of nitrogens with zero attached hydrogens (tertiary/aromatic N) is 1. The van der Waals surface area contributed by atoms with Gasteiger partial charge in [0.15, 0.2) is 5.54 Å². The van der Waals surface area contributed by atoms with Crippen LogP contribution in [0.2, 0.25) is 10.0 Å². The molecule has 0 fully saturated rings. The molecule has 0 radical (unpaired) electrons. The van der Waals surface area contributed by atoms with Gasteiger partial charge in [-0.1, -0.05) is 30.1 Å². The van der Waals surface area contributed by atoms with E-state index in [2.05, 4.69) is 0 Å². The highest BCUT2D eigenvalue weighted by Crippen LogP contribution is 2.36. The molecular formula is C14H17Cl2NO3. The standard InChI is InChI=1S/C14H17Cl2NO3/c1-4-7-17(9(2)18)14(3,13(19)20)11-8-10(15)5-6-12(11)16/h5-6,8H,4,7H2,1-3H3,(H,19,20). The van der Waals surface area contributed by atoms with Crippen molar-refractivity contribution in [1.82, 2.24) is 4.90 Å². The van der Waals surface area contributed by atoms with E-state index >= 15 is 0 Å². The lowest BCUT2D eigenvalue weighted by molar-refractivity contribution is -0.158. The summed E-state index contributed by atoms with van der Waals surface area (Å²) in [5, 5.41) is 10.3. The van der Waals surface area contributed by atoms with E-state index in [1.165, 1.54) is 30.9 Å². The van der Waals surface area contributed by atoms with E-state index in [0.29, 0.717) is 23.6 Å². The molecule has 1 atom stereocenters. The summed E-state index contributed by atoms with van der Waals surface area (Å²) >= 11 is 12.0. The SMILES string of the molecule is CCCN(C(C)=O)C(C)(C(=O)O)c1cc(Cl)ccc1Cl. The molecule has 0 heterocycles. The third-order valence-electron chi connectivity index (χ3n) is 3.24. The van der Waals surface area contributed by atoms with E-state index in [9.17, 15) is 14.7 Å². The molecule has 6 heteroatoms. The Bertz CT molecular complexity index is 533. The minimum Gasteiger partial charge on any atom is -0.479 e. The highest BCUT2D eigenvalue weighted by molar-refractivity contribution is 6.34. The van der Waals surface area contributed by atoms with Gasteiger partial charge in [0.2, 0.25) is 5.91 Å². The van der Waals surface area contributed by atoms with E-state index in [-0.39, 0.29) is 10.9 Å². The molecule has 1 aromatic rings. The van der Waals surface area contributed by atoms with Crippen LogP contribution in [0, 0.1) is 0 Å². The summed E-state index contributed by atoms with van der Waals surface area (Å²) in [5.74, 6) is -1.47. The second-order valence-corrected chi connectivity index (χ2v) is 5.52. The predicted molar refractivity (Wildman–Crippen MR) is 79.1 cm³/mol. The van der Waals surface area contributed by atoms with Crippen LogP contribution in [0.25, 0.3) is 0 Å². The molecule has 0 aliphatic rings. The minimum atomic E-state index is -1.55. The Hall–Kier alpha value is -1.26. The van der Waals surface area contributed by atoms with Gasteiger partial charge in [0, 0.05) is 29.1 Å². The first kappa shape index (κ1) is 16.8. The highest BCUT2D eigenvalue weighted by Gasteiger charge is 2.44. The Labute approximate surface area is 128 Å². The predicted octanol–water partition coefficient (Wildman–Crippen LogP) is 3.55. The first-order valence-electron chi connectivity index (χ1n) is 6.22. The Kier molecular flexibility index (Phi) is 5.42. The first-order chi connectivity index (χ1) is 9.25. The molecule has 0 aromatic heterocycles. The normalized spacial score (nSPS) is 13.7. The van der Waals surface area contributed by atoms with Crippen LogP contribution in [0.3, 0.4) is 0 Å². The van der Waals surface area contributed by atoms with Crippen LogP contribution in [0.15, 0.2) is 18.2 Å². The maximum absolute atomic E-state index is 11.8. The number of carboxylic acids is 1. The van der Waals surface area contributed by atoms with Crippen molar-refractivity contribution in [3.05, 3.63) is 33.8 Å². The highest BCUT2D eigenvalue weighted by atomic mass is 35.5. The van der Waals surface area contributed by atoms with Crippen LogP contribution < -0.4 is 0 Å². The van der Waals surface area contributed by atoms with Crippen LogP contribution >= 0.6 is 23.2 Å². The second kappa shape index (κ2) is 6.46. The van der Waals surface area contributed by atoms with E-state index in [1.54, 1.807) is 6.07 Å². The average Bonchev–Trinajstić information content (AvgIpc) is 2.37. The number of hydrogen-bond acceptors (Lipinski definition) is 2. The van der Waals surface area contributed by atoms with Gasteiger partial charge in [-0.05, 0) is 31.5 Å². The quantitative estimate of drug-likeness (QED) is 0.903. The Morgan fingerprint density at radius 2 is 1.95 bits per heavy atom. The van der Waals surface area contributed by atoms with Crippen molar-refractivity contribution in [3.63, 3.8) is 0 Å². The van der Waals surface area contributed by atoms with E-state index in [0.717, 1.165) is 0 Å². The lowest BCUT2D eigenvalue weighted by atomic mass is 9.89. The van der Waals surface area contributed by atoms with Crippen molar-refractivity contribution in [1.29, 1.82) is 0 Å². The van der Waals surface area contributed by atoms with Crippen molar-refractivity contribution >= 4 is 35.1 Å². The summed E-state index contributed by atoms with van der Waals surface area (Å²) in [6, 6.07) is 4.60. The fraction of sp³-hybridized carbons (Fsp3) is 0.429. The Morgan fingerprint density at radius 3 is 2.40 bits per heavy atom. The molecule has 0 aliphatic carbocycles. The molecule has 1 unspecified atom stereocenters. The van der Waals surface area contributed by atoms with Gasteiger partial charge in [0.05, 0.1) is 0 Å². The van der Waals surface area contributed by atoms with E-state index in [1.807, 2.05) is 6.92 Å². The Balaban J connectivity index is 3.51. The summed E-state index contributed by atoms with van der Waals surface area (Å²) in [6.07, 6.45) is 0.640. The molecule has 4 nitrogen and oxygen atoms in total. The van der Waals surface area contributed by atoms with Gasteiger partial charge in [0.1, 0.15) is 0 Å². The maximum Gasteiger partial charge on any atom is 0.334 e. The number of benzene rings is 1. The van der Waals surface area contributed by atoms with Gasteiger partial charge in [-0.3, -0.25) is 4.79 Å². The summed E-state index contributed by atoms with van der Waals surface area (Å²) < 4.78 is 0. The smallest absolute Gasteiger partial charge is 0.334 e. The number of halogens is 2. The summed E-state index contributed by atoms with van der Waals surface area (Å²) in [6.45, 7) is 5.00. The zero-order valence-electron chi connectivity index (χ0n) is 11.6. The number of amides is 1. The van der Waals surface area contributed by atoms with Crippen molar-refractivity contribution in [2.75, 3.05) is 6.54 Å². The van der Waals surface area contributed by atoms with Gasteiger partial charge in [-0.25, -0.2) is 4.79 Å². The minimum absolute atomic E-state index is 0.265. The number of carbonyl (C=O) groups excluding carboxylic acids is 1. The van der Waals surface area contributed by atoms with Crippen LogP contribution in [0.1, 0.15) is 32.8 Å². The molecular weight excluding hydrogens is 301 g/mol. The molecule has 0 bridgehead atoms. The fourth-order valence-corrected chi connectivity index (χ4v) is 2.64. The van der Waals surface area contributed by atoms with Crippen molar-refractivity contribution in [2.24, 2.45) is 0 Å². The number of rotatable bonds is 5. The van der Waals surface area contributed by atoms with Crippen molar-refractivity contribution in [3.8, 4) is 0 Å². The van der Waals surface area contributed by atoms with Gasteiger partial charge in [-0.2, -0.15) is 0 Å². The van der Waals surface area contributed by atoms with Crippen LogP contribution in [-0.2, 0) is 15.1 Å². The summed E-state index contributed by atoms with van der Waals surface area (Å²) in [4.78, 5) is 24.9. The van der Waals surface area contributed by atoms with E-state index < -0.39 is 11.5 Å². The maximum atomic E-state index is 11.8. The topological polar surface area (TPSA) is 57.6 Å². The van der Waals surface area contributed by atoms with Crippen LogP contribution in [0.4, 0.5) is 0 Å². The van der Waals surface area contributed by atoms with Gasteiger partial charge in [0.25, 0.3) is 0 Å². The third-order valence-corrected chi connectivity index (χ3v) is 3.80. The zero-order chi connectivity index (χ0) is 15.5. The molecule has 0 saturated carbocycles. The van der Waals surface area contributed by atoms with E-state index in [4.69, 9.17) is 23.2 Å². The van der Waals surface area contributed by atoms with Crippen LogP contribution in [0.5, 0.6) is 0 Å². The van der Waals surface area contributed by atoms with Gasteiger partial charge in [-0.15, -0.1) is 0 Å². The van der Waals surface area contributed by atoms with Gasteiger partial charge >= 0.3 is 5.97 Å². The molecule has 1 aromatic carbocycles. The molecule has 20 heavy (non-hydrogen) atoms. The number of aliphatic carboxylic acids is 1. The molecule has 1 rings (SSSR count). The largest absolute Gasteiger partial charge is 0.479 e. The average molecular weight is 318 g/mol. The Morgan fingerprint density at radius 1 is 1.35 bits per heavy atom. The molecule has 0 aliphatic heterocycles. The number of hydrogen-bond donors (Lipinski definition) is 1. The molecule has 0 saturated heterocycles. The lowest BCUT2D eigenvalue weighted by Crippen LogP contribution is -2.52. The summed E-state index contributed by atoms with van der Waals surface area (Å²) in [5.41, 5.74) is -1.24. The summed E-state index contributed by atoms with van der Waals surface area (Å²) in [7, 11) is 0. The molecule has 110 valence electrons. The number of carbonyl (C=O) groups is 2. The monoisotopic (exact) mass is 317 g/mol. The lowest BCUT2D eigenvalue weighted by Gasteiger charge is -2.38. The molecule has 1 N–H and O–H groups in total. The van der Waals surface area contributed by atoms with Crippen molar-refractivity contribution in [2.45, 2.75) is 32.7 Å². The van der Waals surface area contributed by atoms with Crippen molar-refractivity contribution < 1.29 is 14.7 Å². The van der Waals surface area contributed by atoms with Crippen LogP contribution in [-0.4, -0.2) is 28.4 Å². The molecule has 1 amide bonds. The number of carboxylic acid groups (broad SMARTS) is 1. The van der Waals surface area contributed by atoms with Gasteiger partial charge < -0.3 is 10.0 Å². The fourth-order valence-electron chi connectivity index (χ4n) is 2.17. The third kappa shape index (κ3) is 3.07. The zero-order valence-corrected chi connectivity index (χ0v) is 13.1. The second-order valence-electron chi connectivity index (χ2n) is 4.67. The molecule has 0 spiro atoms. The first-order valence-corrected chi connectivity index (χ1v) is 6.97.